The van der Waals surface area contributed by atoms with E-state index in [1.807, 2.05) is 12.3 Å². The van der Waals surface area contributed by atoms with Crippen molar-refractivity contribution in [2.24, 2.45) is 5.92 Å². The van der Waals surface area contributed by atoms with Crippen LogP contribution in [-0.2, 0) is 22.2 Å². The second-order valence-corrected chi connectivity index (χ2v) is 15.6. The first-order valence-corrected chi connectivity index (χ1v) is 14.5. The number of carbonyl (C=O) groups excluding carboxylic acids is 1. The molecule has 0 radical (unpaired) electrons. The van der Waals surface area contributed by atoms with Crippen molar-refractivity contribution in [2.75, 3.05) is 5.32 Å². The zero-order valence-corrected chi connectivity index (χ0v) is 20.9. The number of nitrogens with one attached hydrogen (secondary N) is 1. The van der Waals surface area contributed by atoms with E-state index in [-0.39, 0.29) is 23.0 Å². The Labute approximate surface area is 190 Å². The third-order valence-corrected chi connectivity index (χ3v) is 11.9. The van der Waals surface area contributed by atoms with Crippen LogP contribution in [0.15, 0.2) is 18.5 Å². The molecule has 6 nitrogen and oxygen atoms in total. The number of pyridine rings is 1. The van der Waals surface area contributed by atoms with E-state index in [4.69, 9.17) is 16.0 Å². The summed E-state index contributed by atoms with van der Waals surface area (Å²) < 4.78 is 8.48. The Hall–Kier alpha value is -1.70. The SMILES string of the molecule is CC(C)(C)[Si-](C)(C)OC1CC(C(=O)Nc2cc(-c3cnn4c3CCCC4)c(Cl)cn2)C1. The van der Waals surface area contributed by atoms with Crippen LogP contribution in [-0.4, -0.2) is 35.1 Å². The van der Waals surface area contributed by atoms with E-state index >= 15 is 0 Å². The molecular formula is C23H33ClN4O2Si-. The van der Waals surface area contributed by atoms with Crippen LogP contribution in [0.3, 0.4) is 0 Å². The first kappa shape index (κ1) is 22.5. The first-order valence-electron chi connectivity index (χ1n) is 11.2. The Kier molecular flexibility index (Phi) is 6.05. The molecule has 2 aliphatic rings. The molecule has 0 aromatic carbocycles. The van der Waals surface area contributed by atoms with Crippen LogP contribution in [0.1, 0.15) is 52.1 Å². The molecule has 0 unspecified atom stereocenters. The highest BCUT2D eigenvalue weighted by atomic mass is 35.5. The lowest BCUT2D eigenvalue weighted by molar-refractivity contribution is -0.125. The first-order chi connectivity index (χ1) is 14.5. The van der Waals surface area contributed by atoms with Gasteiger partial charge in [0.2, 0.25) is 5.91 Å². The van der Waals surface area contributed by atoms with Gasteiger partial charge in [-0.05, 0) is 46.5 Å². The van der Waals surface area contributed by atoms with E-state index in [9.17, 15) is 4.79 Å². The quantitative estimate of drug-likeness (QED) is 0.583. The van der Waals surface area contributed by atoms with Gasteiger partial charge in [0.15, 0.2) is 0 Å². The summed E-state index contributed by atoms with van der Waals surface area (Å²) in [6, 6.07) is 1.87. The lowest BCUT2D eigenvalue weighted by atomic mass is 9.82. The van der Waals surface area contributed by atoms with Crippen LogP contribution in [0.5, 0.6) is 0 Å². The Balaban J connectivity index is 1.40. The van der Waals surface area contributed by atoms with Crippen molar-refractivity contribution in [1.82, 2.24) is 14.8 Å². The van der Waals surface area contributed by atoms with Gasteiger partial charge in [-0.15, -0.1) is 18.1 Å². The molecule has 1 amide bonds. The summed E-state index contributed by atoms with van der Waals surface area (Å²) in [7, 11) is -1.80. The van der Waals surface area contributed by atoms with Crippen LogP contribution in [0.4, 0.5) is 5.82 Å². The van der Waals surface area contributed by atoms with Crippen LogP contribution in [0.2, 0.25) is 23.2 Å². The number of rotatable bonds is 5. The molecule has 31 heavy (non-hydrogen) atoms. The average molecular weight is 461 g/mol. The van der Waals surface area contributed by atoms with Gasteiger partial charge in [0.1, 0.15) is 5.82 Å². The molecule has 0 bridgehead atoms. The fourth-order valence-electron chi connectivity index (χ4n) is 4.06. The molecule has 1 N–H and O–H groups in total. The molecule has 0 atom stereocenters. The largest absolute Gasteiger partial charge is 0.562 e. The topological polar surface area (TPSA) is 69.0 Å². The molecule has 1 aliphatic carbocycles. The number of aryl methyl sites for hydroxylation is 1. The van der Waals surface area contributed by atoms with Crippen molar-refractivity contribution in [3.63, 3.8) is 0 Å². The van der Waals surface area contributed by atoms with E-state index in [0.717, 1.165) is 49.8 Å². The van der Waals surface area contributed by atoms with Crippen LogP contribution < -0.4 is 5.32 Å². The normalized spacial score (nSPS) is 21.4. The molecule has 8 heteroatoms. The number of fused-ring (bicyclic) bond motifs is 1. The number of anilines is 1. The van der Waals surface area contributed by atoms with Crippen LogP contribution in [0.25, 0.3) is 11.1 Å². The van der Waals surface area contributed by atoms with Gasteiger partial charge >= 0.3 is 0 Å². The van der Waals surface area contributed by atoms with Gasteiger partial charge in [-0.1, -0.05) is 32.4 Å². The van der Waals surface area contributed by atoms with Gasteiger partial charge in [0.25, 0.3) is 0 Å². The van der Waals surface area contributed by atoms with E-state index in [1.54, 1.807) is 6.20 Å². The predicted molar refractivity (Wildman–Crippen MR) is 127 cm³/mol. The summed E-state index contributed by atoms with van der Waals surface area (Å²) in [6.07, 6.45) is 8.53. The van der Waals surface area contributed by atoms with Gasteiger partial charge in [-0.3, -0.25) is 9.48 Å². The van der Waals surface area contributed by atoms with Crippen LogP contribution >= 0.6 is 11.6 Å². The summed E-state index contributed by atoms with van der Waals surface area (Å²) in [4.78, 5) is 17.1. The highest BCUT2D eigenvalue weighted by Crippen LogP contribution is 2.42. The predicted octanol–water partition coefficient (Wildman–Crippen LogP) is 5.67. The Bertz CT molecular complexity index is 976. The molecule has 2 aromatic rings. The molecule has 4 rings (SSSR count). The molecule has 169 valence electrons. The Morgan fingerprint density at radius 3 is 2.68 bits per heavy atom. The number of hydrogen-bond donors (Lipinski definition) is 1. The summed E-state index contributed by atoms with van der Waals surface area (Å²) in [5, 5.41) is 8.25. The average Bonchev–Trinajstić information content (AvgIpc) is 3.09. The number of amides is 1. The van der Waals surface area contributed by atoms with Crippen molar-refractivity contribution < 1.29 is 9.22 Å². The van der Waals surface area contributed by atoms with E-state index in [0.29, 0.717) is 10.8 Å². The lowest BCUT2D eigenvalue weighted by Crippen LogP contribution is -2.49. The number of hydrogen-bond acceptors (Lipinski definition) is 4. The van der Waals surface area contributed by atoms with Gasteiger partial charge in [-0.25, -0.2) is 4.98 Å². The second-order valence-electron chi connectivity index (χ2n) is 10.4. The Morgan fingerprint density at radius 2 is 1.97 bits per heavy atom. The van der Waals surface area contributed by atoms with Gasteiger partial charge in [-0.2, -0.15) is 5.10 Å². The van der Waals surface area contributed by atoms with Crippen molar-refractivity contribution in [2.45, 2.75) is 83.7 Å². The standard InChI is InChI=1S/C23H33ClN4O2Si/c1-23(2,3)31(4,5)30-16-10-15(11-16)22(29)27-21-12-17(19(24)14-25-21)18-13-26-28-9-7-6-8-20(18)28/h12-16H,6-11H2,1-5H3,(H,25,27,29)/q-1. The molecule has 1 fully saturated rings. The molecule has 0 saturated heterocycles. The van der Waals surface area contributed by atoms with E-state index in [2.05, 4.69) is 53.9 Å². The number of halogens is 1. The minimum atomic E-state index is -1.80. The molecular weight excluding hydrogens is 428 g/mol. The number of aromatic nitrogens is 3. The summed E-state index contributed by atoms with van der Waals surface area (Å²) in [5.74, 6) is 0.515. The lowest BCUT2D eigenvalue weighted by Gasteiger charge is -2.53. The monoisotopic (exact) mass is 460 g/mol. The summed E-state index contributed by atoms with van der Waals surface area (Å²) in [6.45, 7) is 12.2. The summed E-state index contributed by atoms with van der Waals surface area (Å²) in [5.41, 5.74) is 3.12. The molecule has 1 aliphatic heterocycles. The third kappa shape index (κ3) is 4.59. The van der Waals surface area contributed by atoms with Crippen molar-refractivity contribution >= 4 is 31.6 Å². The maximum atomic E-state index is 12.8. The zero-order chi connectivity index (χ0) is 22.4. The maximum absolute atomic E-state index is 12.8. The van der Waals surface area contributed by atoms with Gasteiger partial charge in [0.05, 0.1) is 11.2 Å². The van der Waals surface area contributed by atoms with Crippen LogP contribution in [0, 0.1) is 5.92 Å². The summed E-state index contributed by atoms with van der Waals surface area (Å²) >= 11 is 6.46. The molecule has 0 spiro atoms. The minimum absolute atomic E-state index is 0.00730. The van der Waals surface area contributed by atoms with Gasteiger partial charge < -0.3 is 9.74 Å². The number of carbonyl (C=O) groups is 1. The van der Waals surface area contributed by atoms with Crippen molar-refractivity contribution in [1.29, 1.82) is 0 Å². The van der Waals surface area contributed by atoms with Crippen molar-refractivity contribution in [3.05, 3.63) is 29.2 Å². The fraction of sp³-hybridized carbons (Fsp3) is 0.609. The highest BCUT2D eigenvalue weighted by Gasteiger charge is 2.37. The molecule has 1 saturated carbocycles. The third-order valence-electron chi connectivity index (χ3n) is 7.11. The highest BCUT2D eigenvalue weighted by molar-refractivity contribution is 6.74. The minimum Gasteiger partial charge on any atom is -0.562 e. The fourth-order valence-corrected chi connectivity index (χ4v) is 5.64. The Morgan fingerprint density at radius 1 is 1.23 bits per heavy atom. The van der Waals surface area contributed by atoms with Crippen molar-refractivity contribution in [3.8, 4) is 11.1 Å². The van der Waals surface area contributed by atoms with E-state index < -0.39 is 8.32 Å². The zero-order valence-electron chi connectivity index (χ0n) is 19.2. The smallest absolute Gasteiger partial charge is 0.228 e. The molecule has 2 aromatic heterocycles. The molecule has 3 heterocycles. The van der Waals surface area contributed by atoms with E-state index in [1.165, 1.54) is 5.69 Å². The maximum Gasteiger partial charge on any atom is 0.228 e. The second kappa shape index (κ2) is 8.33. The van der Waals surface area contributed by atoms with Gasteiger partial charge in [0, 0.05) is 41.6 Å². The number of nitrogens with zero attached hydrogens (tertiary/aromatic N) is 3.